The monoisotopic (exact) mass is 340 g/mol. The summed E-state index contributed by atoms with van der Waals surface area (Å²) >= 11 is 0. The molecule has 2 heteroatoms. The summed E-state index contributed by atoms with van der Waals surface area (Å²) in [5.74, 6) is -0.0502. The predicted octanol–water partition coefficient (Wildman–Crippen LogP) is 7.04. The van der Waals surface area contributed by atoms with Gasteiger partial charge in [0, 0.05) is 5.56 Å². The third-order valence-electron chi connectivity index (χ3n) is 5.49. The summed E-state index contributed by atoms with van der Waals surface area (Å²) in [4.78, 5) is 0. The van der Waals surface area contributed by atoms with Gasteiger partial charge in [-0.2, -0.15) is 0 Å². The highest BCUT2D eigenvalue weighted by molar-refractivity contribution is 5.65. The van der Waals surface area contributed by atoms with Crippen LogP contribution in [0.15, 0.2) is 49.1 Å². The van der Waals surface area contributed by atoms with Crippen LogP contribution in [-0.2, 0) is 6.42 Å². The molecule has 132 valence electrons. The van der Waals surface area contributed by atoms with Crippen molar-refractivity contribution in [2.45, 2.75) is 51.4 Å². The second kappa shape index (κ2) is 7.95. The van der Waals surface area contributed by atoms with Gasteiger partial charge in [-0.15, -0.1) is 6.58 Å². The highest BCUT2D eigenvalue weighted by atomic mass is 19.2. The zero-order valence-electron chi connectivity index (χ0n) is 14.9. The third-order valence-corrected chi connectivity index (χ3v) is 5.49. The largest absolute Gasteiger partial charge is 0.203 e. The molecule has 0 aliphatic heterocycles. The standard InChI is InChI=1S/C23H26F2/c1-3-4-5-20-14-15-21(23(25)22(20)24)19-12-10-18(11-13-19)17-8-6-16(2)7-9-17/h3,10-17H,1,4-9H2,2H3. The molecule has 0 aromatic heterocycles. The molecule has 2 aromatic carbocycles. The van der Waals surface area contributed by atoms with Gasteiger partial charge in [-0.05, 0) is 54.2 Å². The van der Waals surface area contributed by atoms with E-state index in [1.54, 1.807) is 18.2 Å². The molecule has 2 aromatic rings. The molecule has 3 rings (SSSR count). The Morgan fingerprint density at radius 1 is 0.960 bits per heavy atom. The summed E-state index contributed by atoms with van der Waals surface area (Å²) < 4.78 is 28.7. The summed E-state index contributed by atoms with van der Waals surface area (Å²) in [6.45, 7) is 5.94. The maximum absolute atomic E-state index is 14.5. The van der Waals surface area contributed by atoms with Crippen LogP contribution in [0.3, 0.4) is 0 Å². The van der Waals surface area contributed by atoms with Gasteiger partial charge in [0.25, 0.3) is 0 Å². The lowest BCUT2D eigenvalue weighted by Gasteiger charge is -2.26. The van der Waals surface area contributed by atoms with E-state index in [-0.39, 0.29) is 0 Å². The minimum atomic E-state index is -0.749. The molecule has 0 spiro atoms. The summed E-state index contributed by atoms with van der Waals surface area (Å²) in [6, 6.07) is 11.4. The summed E-state index contributed by atoms with van der Waals surface area (Å²) in [5, 5.41) is 0. The molecule has 0 heterocycles. The SMILES string of the molecule is C=CCCc1ccc(-c2ccc(C3CCC(C)CC3)cc2)c(F)c1F. The van der Waals surface area contributed by atoms with E-state index < -0.39 is 11.6 Å². The molecule has 1 saturated carbocycles. The second-order valence-corrected chi connectivity index (χ2v) is 7.31. The zero-order chi connectivity index (χ0) is 17.8. The van der Waals surface area contributed by atoms with Crippen LogP contribution >= 0.6 is 0 Å². The van der Waals surface area contributed by atoms with Crippen molar-refractivity contribution in [1.29, 1.82) is 0 Å². The number of rotatable bonds is 5. The van der Waals surface area contributed by atoms with E-state index in [1.807, 2.05) is 12.1 Å². The first-order chi connectivity index (χ1) is 12.1. The van der Waals surface area contributed by atoms with Crippen molar-refractivity contribution < 1.29 is 8.78 Å². The first-order valence-corrected chi connectivity index (χ1v) is 9.28. The fourth-order valence-corrected chi connectivity index (χ4v) is 3.79. The van der Waals surface area contributed by atoms with Gasteiger partial charge in [-0.1, -0.05) is 62.2 Å². The van der Waals surface area contributed by atoms with Crippen LogP contribution in [-0.4, -0.2) is 0 Å². The number of allylic oxidation sites excluding steroid dienone is 1. The summed E-state index contributed by atoms with van der Waals surface area (Å²) in [7, 11) is 0. The first-order valence-electron chi connectivity index (χ1n) is 9.28. The maximum atomic E-state index is 14.5. The van der Waals surface area contributed by atoms with E-state index in [4.69, 9.17) is 0 Å². The molecular weight excluding hydrogens is 314 g/mol. The quantitative estimate of drug-likeness (QED) is 0.512. The van der Waals surface area contributed by atoms with Crippen molar-refractivity contribution in [1.82, 2.24) is 0 Å². The topological polar surface area (TPSA) is 0 Å². The lowest BCUT2D eigenvalue weighted by Crippen LogP contribution is -2.10. The van der Waals surface area contributed by atoms with E-state index in [0.717, 1.165) is 11.5 Å². The fraction of sp³-hybridized carbons (Fsp3) is 0.391. The molecule has 0 unspecified atom stereocenters. The van der Waals surface area contributed by atoms with Crippen molar-refractivity contribution in [3.8, 4) is 11.1 Å². The first kappa shape index (κ1) is 17.8. The van der Waals surface area contributed by atoms with Crippen molar-refractivity contribution in [3.05, 3.63) is 71.8 Å². The Labute approximate surface area is 149 Å². The van der Waals surface area contributed by atoms with Gasteiger partial charge in [0.2, 0.25) is 0 Å². The minimum Gasteiger partial charge on any atom is -0.203 e. The van der Waals surface area contributed by atoms with Crippen molar-refractivity contribution in [2.24, 2.45) is 5.92 Å². The van der Waals surface area contributed by atoms with Gasteiger partial charge in [0.15, 0.2) is 11.6 Å². The molecule has 0 amide bonds. The average Bonchev–Trinajstić information content (AvgIpc) is 2.64. The van der Waals surface area contributed by atoms with Gasteiger partial charge in [0.1, 0.15) is 0 Å². The Balaban J connectivity index is 1.80. The molecule has 0 N–H and O–H groups in total. The molecule has 0 bridgehead atoms. The average molecular weight is 340 g/mol. The Morgan fingerprint density at radius 2 is 1.64 bits per heavy atom. The van der Waals surface area contributed by atoms with Gasteiger partial charge in [-0.3, -0.25) is 0 Å². The van der Waals surface area contributed by atoms with Crippen LogP contribution in [0, 0.1) is 17.6 Å². The molecule has 1 fully saturated rings. The second-order valence-electron chi connectivity index (χ2n) is 7.31. The molecular formula is C23H26F2. The van der Waals surface area contributed by atoms with Crippen LogP contribution in [0.5, 0.6) is 0 Å². The Bertz CT molecular complexity index is 723. The van der Waals surface area contributed by atoms with Crippen molar-refractivity contribution in [3.63, 3.8) is 0 Å². The van der Waals surface area contributed by atoms with E-state index in [1.165, 1.54) is 31.2 Å². The van der Waals surface area contributed by atoms with Crippen LogP contribution in [0.25, 0.3) is 11.1 Å². The minimum absolute atomic E-state index is 0.337. The lowest BCUT2D eigenvalue weighted by molar-refractivity contribution is 0.348. The van der Waals surface area contributed by atoms with E-state index >= 15 is 0 Å². The number of hydrogen-bond donors (Lipinski definition) is 0. The molecule has 0 saturated heterocycles. The van der Waals surface area contributed by atoms with Gasteiger partial charge >= 0.3 is 0 Å². The number of halogens is 2. The van der Waals surface area contributed by atoms with E-state index in [0.29, 0.717) is 29.9 Å². The molecule has 1 aliphatic carbocycles. The maximum Gasteiger partial charge on any atom is 0.166 e. The zero-order valence-corrected chi connectivity index (χ0v) is 14.9. The van der Waals surface area contributed by atoms with Gasteiger partial charge in [-0.25, -0.2) is 8.78 Å². The Kier molecular flexibility index (Phi) is 5.67. The van der Waals surface area contributed by atoms with Crippen LogP contribution in [0.1, 0.15) is 56.1 Å². The van der Waals surface area contributed by atoms with E-state index in [2.05, 4.69) is 25.6 Å². The van der Waals surface area contributed by atoms with Crippen molar-refractivity contribution >= 4 is 0 Å². The van der Waals surface area contributed by atoms with Crippen LogP contribution < -0.4 is 0 Å². The molecule has 0 nitrogen and oxygen atoms in total. The normalized spacial score (nSPS) is 20.4. The highest BCUT2D eigenvalue weighted by Crippen LogP contribution is 2.36. The number of aryl methyl sites for hydroxylation is 1. The Morgan fingerprint density at radius 3 is 2.28 bits per heavy atom. The predicted molar refractivity (Wildman–Crippen MR) is 101 cm³/mol. The summed E-state index contributed by atoms with van der Waals surface area (Å²) in [6.07, 6.45) is 7.84. The molecule has 0 atom stereocenters. The summed E-state index contributed by atoms with van der Waals surface area (Å²) in [5.41, 5.74) is 2.80. The van der Waals surface area contributed by atoms with Crippen LogP contribution in [0.4, 0.5) is 8.78 Å². The smallest absolute Gasteiger partial charge is 0.166 e. The molecule has 0 radical (unpaired) electrons. The van der Waals surface area contributed by atoms with Crippen molar-refractivity contribution in [2.75, 3.05) is 0 Å². The van der Waals surface area contributed by atoms with E-state index in [9.17, 15) is 8.78 Å². The molecule has 1 aliphatic rings. The molecule has 25 heavy (non-hydrogen) atoms. The Hall–Kier alpha value is -1.96. The third kappa shape index (κ3) is 4.00. The van der Waals surface area contributed by atoms with Gasteiger partial charge < -0.3 is 0 Å². The number of hydrogen-bond acceptors (Lipinski definition) is 0. The highest BCUT2D eigenvalue weighted by Gasteiger charge is 2.20. The van der Waals surface area contributed by atoms with Gasteiger partial charge in [0.05, 0.1) is 0 Å². The number of benzene rings is 2. The lowest BCUT2D eigenvalue weighted by atomic mass is 9.79. The van der Waals surface area contributed by atoms with Crippen LogP contribution in [0.2, 0.25) is 0 Å². The fourth-order valence-electron chi connectivity index (χ4n) is 3.79.